The summed E-state index contributed by atoms with van der Waals surface area (Å²) in [5, 5.41) is 3.53. The second-order valence-corrected chi connectivity index (χ2v) is 5.79. The van der Waals surface area contributed by atoms with E-state index in [-0.39, 0.29) is 11.9 Å². The molecule has 0 saturated heterocycles. The molecule has 19 heavy (non-hydrogen) atoms. The van der Waals surface area contributed by atoms with Crippen molar-refractivity contribution in [3.63, 3.8) is 0 Å². The van der Waals surface area contributed by atoms with Gasteiger partial charge in [0.05, 0.1) is 6.04 Å². The minimum atomic E-state index is -0.139. The van der Waals surface area contributed by atoms with Gasteiger partial charge in [-0.15, -0.1) is 0 Å². The van der Waals surface area contributed by atoms with Gasteiger partial charge in [0.25, 0.3) is 0 Å². The van der Waals surface area contributed by atoms with E-state index in [2.05, 4.69) is 36.5 Å². The first-order valence-electron chi connectivity index (χ1n) is 7.03. The summed E-state index contributed by atoms with van der Waals surface area (Å²) in [6.45, 7) is 4.10. The molecule has 1 aliphatic rings. The molecule has 1 saturated carbocycles. The number of carbonyl (C=O) groups excluding carboxylic acids is 1. The molecule has 1 aromatic carbocycles. The summed E-state index contributed by atoms with van der Waals surface area (Å²) in [6, 6.07) is 8.64. The van der Waals surface area contributed by atoms with Crippen LogP contribution in [0, 0.1) is 12.8 Å². The number of rotatable bonds is 5. The second-order valence-electron chi connectivity index (χ2n) is 5.79. The number of hydrogen-bond donors (Lipinski definition) is 1. The van der Waals surface area contributed by atoms with Gasteiger partial charge in [0.2, 0.25) is 5.91 Å². The molecule has 3 nitrogen and oxygen atoms in total. The second kappa shape index (κ2) is 5.74. The van der Waals surface area contributed by atoms with Gasteiger partial charge in [0.1, 0.15) is 0 Å². The molecule has 1 fully saturated rings. The van der Waals surface area contributed by atoms with E-state index in [1.165, 1.54) is 24.0 Å². The quantitative estimate of drug-likeness (QED) is 0.882. The standard InChI is InChI=1S/C16H24N2O/c1-11-7-5-6-8-14(11)15(13-9-10-13)17-12(2)16(19)18(3)4/h5-8,12-13,15,17H,9-10H2,1-4H3. The van der Waals surface area contributed by atoms with Crippen molar-refractivity contribution in [2.75, 3.05) is 14.1 Å². The highest BCUT2D eigenvalue weighted by Crippen LogP contribution is 2.42. The van der Waals surface area contributed by atoms with E-state index >= 15 is 0 Å². The maximum absolute atomic E-state index is 12.0. The monoisotopic (exact) mass is 260 g/mol. The maximum Gasteiger partial charge on any atom is 0.238 e. The molecule has 1 amide bonds. The highest BCUT2D eigenvalue weighted by molar-refractivity contribution is 5.81. The van der Waals surface area contributed by atoms with Gasteiger partial charge in [-0.3, -0.25) is 10.1 Å². The number of carbonyl (C=O) groups is 1. The molecule has 0 spiro atoms. The Morgan fingerprint density at radius 1 is 1.32 bits per heavy atom. The molecule has 1 N–H and O–H groups in total. The van der Waals surface area contributed by atoms with E-state index < -0.39 is 0 Å². The molecule has 1 aliphatic carbocycles. The first-order valence-corrected chi connectivity index (χ1v) is 7.03. The van der Waals surface area contributed by atoms with Crippen molar-refractivity contribution in [2.45, 2.75) is 38.8 Å². The van der Waals surface area contributed by atoms with Gasteiger partial charge >= 0.3 is 0 Å². The van der Waals surface area contributed by atoms with E-state index in [1.54, 1.807) is 19.0 Å². The zero-order valence-electron chi connectivity index (χ0n) is 12.3. The fourth-order valence-electron chi connectivity index (χ4n) is 2.57. The van der Waals surface area contributed by atoms with Crippen LogP contribution in [-0.2, 0) is 4.79 Å². The Balaban J connectivity index is 2.14. The van der Waals surface area contributed by atoms with E-state index in [0.717, 1.165) is 0 Å². The third-order valence-electron chi connectivity index (χ3n) is 3.86. The highest BCUT2D eigenvalue weighted by atomic mass is 16.2. The lowest BCUT2D eigenvalue weighted by Crippen LogP contribution is -2.43. The number of likely N-dealkylation sites (N-methyl/N-ethyl adjacent to an activating group) is 1. The molecule has 0 aliphatic heterocycles. The first-order chi connectivity index (χ1) is 9.00. The predicted octanol–water partition coefficient (Wildman–Crippen LogP) is 2.51. The third kappa shape index (κ3) is 3.35. The van der Waals surface area contributed by atoms with Gasteiger partial charge in [-0.05, 0) is 43.7 Å². The molecule has 3 heteroatoms. The molecule has 0 aromatic heterocycles. The summed E-state index contributed by atoms with van der Waals surface area (Å²) < 4.78 is 0. The number of aryl methyl sites for hydroxylation is 1. The average Bonchev–Trinajstić information content (AvgIpc) is 3.20. The van der Waals surface area contributed by atoms with E-state index in [1.807, 2.05) is 6.92 Å². The van der Waals surface area contributed by atoms with Gasteiger partial charge in [0, 0.05) is 20.1 Å². The van der Waals surface area contributed by atoms with Crippen molar-refractivity contribution < 1.29 is 4.79 Å². The number of amides is 1. The van der Waals surface area contributed by atoms with Gasteiger partial charge in [-0.1, -0.05) is 24.3 Å². The maximum atomic E-state index is 12.0. The molecule has 1 aromatic rings. The van der Waals surface area contributed by atoms with Gasteiger partial charge in [-0.25, -0.2) is 0 Å². The van der Waals surface area contributed by atoms with Crippen molar-refractivity contribution >= 4 is 5.91 Å². The number of hydrogen-bond acceptors (Lipinski definition) is 2. The molecule has 0 bridgehead atoms. The molecule has 0 radical (unpaired) electrons. The topological polar surface area (TPSA) is 32.3 Å². The van der Waals surface area contributed by atoms with Crippen molar-refractivity contribution in [3.05, 3.63) is 35.4 Å². The average molecular weight is 260 g/mol. The first kappa shape index (κ1) is 14.1. The third-order valence-corrected chi connectivity index (χ3v) is 3.86. The van der Waals surface area contributed by atoms with Crippen LogP contribution < -0.4 is 5.32 Å². The molecule has 0 heterocycles. The van der Waals surface area contributed by atoms with E-state index in [4.69, 9.17) is 0 Å². The van der Waals surface area contributed by atoms with Crippen LogP contribution in [0.1, 0.15) is 36.9 Å². The lowest BCUT2D eigenvalue weighted by Gasteiger charge is -2.26. The smallest absolute Gasteiger partial charge is 0.238 e. The summed E-state index contributed by atoms with van der Waals surface area (Å²) in [6.07, 6.45) is 2.52. The largest absolute Gasteiger partial charge is 0.347 e. The molecule has 2 atom stereocenters. The molecule has 2 unspecified atom stereocenters. The van der Waals surface area contributed by atoms with Crippen LogP contribution in [0.5, 0.6) is 0 Å². The number of nitrogens with zero attached hydrogens (tertiary/aromatic N) is 1. The van der Waals surface area contributed by atoms with Crippen LogP contribution in [0.4, 0.5) is 0 Å². The van der Waals surface area contributed by atoms with Crippen LogP contribution in [0.15, 0.2) is 24.3 Å². The minimum absolute atomic E-state index is 0.138. The Hall–Kier alpha value is -1.35. The van der Waals surface area contributed by atoms with Crippen molar-refractivity contribution in [2.24, 2.45) is 5.92 Å². The van der Waals surface area contributed by atoms with Crippen LogP contribution >= 0.6 is 0 Å². The van der Waals surface area contributed by atoms with Crippen molar-refractivity contribution in [1.29, 1.82) is 0 Å². The van der Waals surface area contributed by atoms with Gasteiger partial charge in [-0.2, -0.15) is 0 Å². The summed E-state index contributed by atoms with van der Waals surface area (Å²) in [5.41, 5.74) is 2.64. The lowest BCUT2D eigenvalue weighted by atomic mass is 9.97. The zero-order valence-corrected chi connectivity index (χ0v) is 12.3. The normalized spacial score (nSPS) is 17.9. The SMILES string of the molecule is Cc1ccccc1C(NC(C)C(=O)N(C)C)C1CC1. The Bertz CT molecular complexity index is 452. The van der Waals surface area contributed by atoms with Crippen LogP contribution in [0.3, 0.4) is 0 Å². The summed E-state index contributed by atoms with van der Waals surface area (Å²) in [4.78, 5) is 13.7. The zero-order chi connectivity index (χ0) is 14.0. The van der Waals surface area contributed by atoms with Gasteiger partial charge < -0.3 is 4.90 Å². The molecular weight excluding hydrogens is 236 g/mol. The number of benzene rings is 1. The minimum Gasteiger partial charge on any atom is -0.347 e. The Labute approximate surface area is 116 Å². The van der Waals surface area contributed by atoms with Gasteiger partial charge in [0.15, 0.2) is 0 Å². The Kier molecular flexibility index (Phi) is 4.25. The number of nitrogens with one attached hydrogen (secondary N) is 1. The lowest BCUT2D eigenvalue weighted by molar-refractivity contribution is -0.130. The van der Waals surface area contributed by atoms with Crippen molar-refractivity contribution in [3.8, 4) is 0 Å². The van der Waals surface area contributed by atoms with Crippen LogP contribution in [0.2, 0.25) is 0 Å². The summed E-state index contributed by atoms with van der Waals surface area (Å²) >= 11 is 0. The van der Waals surface area contributed by atoms with Crippen molar-refractivity contribution in [1.82, 2.24) is 10.2 Å². The summed E-state index contributed by atoms with van der Waals surface area (Å²) in [5.74, 6) is 0.817. The van der Waals surface area contributed by atoms with Crippen LogP contribution in [0.25, 0.3) is 0 Å². The van der Waals surface area contributed by atoms with E-state index in [0.29, 0.717) is 12.0 Å². The fourth-order valence-corrected chi connectivity index (χ4v) is 2.57. The predicted molar refractivity (Wildman–Crippen MR) is 77.9 cm³/mol. The Morgan fingerprint density at radius 2 is 1.95 bits per heavy atom. The van der Waals surface area contributed by atoms with Crippen LogP contribution in [-0.4, -0.2) is 30.9 Å². The molecule has 104 valence electrons. The van der Waals surface area contributed by atoms with E-state index in [9.17, 15) is 4.79 Å². The highest BCUT2D eigenvalue weighted by Gasteiger charge is 2.34. The Morgan fingerprint density at radius 3 is 2.47 bits per heavy atom. The summed E-state index contributed by atoms with van der Waals surface area (Å²) in [7, 11) is 3.61. The fraction of sp³-hybridized carbons (Fsp3) is 0.562. The molecule has 2 rings (SSSR count). The molecular formula is C16H24N2O.